The number of hydrogen-bond donors (Lipinski definition) is 1. The van der Waals surface area contributed by atoms with Crippen LogP contribution in [0.25, 0.3) is 23.0 Å². The third kappa shape index (κ3) is 6.18. The second-order valence-corrected chi connectivity index (χ2v) is 7.86. The topological polar surface area (TPSA) is 81.9 Å². The predicted molar refractivity (Wildman–Crippen MR) is 130 cm³/mol. The van der Waals surface area contributed by atoms with E-state index in [2.05, 4.69) is 20.4 Å². The van der Waals surface area contributed by atoms with Crippen LogP contribution in [0.15, 0.2) is 66.9 Å². The molecule has 0 spiro atoms. The molecule has 0 unspecified atom stereocenters. The van der Waals surface area contributed by atoms with Crippen LogP contribution < -0.4 is 5.32 Å². The number of aromatic nitrogens is 4. The Morgan fingerprint density at radius 3 is 2.62 bits per heavy atom. The van der Waals surface area contributed by atoms with Gasteiger partial charge < -0.3 is 10.1 Å². The van der Waals surface area contributed by atoms with Gasteiger partial charge in [-0.3, -0.25) is 0 Å². The second kappa shape index (κ2) is 10.6. The van der Waals surface area contributed by atoms with Gasteiger partial charge in [-0.25, -0.2) is 18.9 Å². The maximum absolute atomic E-state index is 13.6. The number of nitrogens with zero attached hydrogens (tertiary/aromatic N) is 4. The Balaban J connectivity index is 1.80. The van der Waals surface area contributed by atoms with Crippen LogP contribution >= 0.6 is 0 Å². The molecule has 0 radical (unpaired) electrons. The van der Waals surface area contributed by atoms with E-state index >= 15 is 0 Å². The number of alkyl halides is 3. The lowest BCUT2D eigenvalue weighted by Gasteiger charge is -2.13. The number of hydrogen-bond acceptors (Lipinski definition) is 6. The summed E-state index contributed by atoms with van der Waals surface area (Å²) in [5.74, 6) is -0.872. The van der Waals surface area contributed by atoms with Crippen LogP contribution in [-0.4, -0.2) is 32.3 Å². The van der Waals surface area contributed by atoms with Gasteiger partial charge in [-0.2, -0.15) is 23.3 Å². The zero-order valence-electron chi connectivity index (χ0n) is 19.8. The Hall–Kier alpha value is -4.54. The molecule has 4 rings (SSSR count). The molecule has 4 aromatic rings. The fourth-order valence-electron chi connectivity index (χ4n) is 3.49. The van der Waals surface area contributed by atoms with Gasteiger partial charge in [-0.05, 0) is 61.4 Å². The second-order valence-electron chi connectivity index (χ2n) is 7.86. The van der Waals surface area contributed by atoms with Gasteiger partial charge in [0, 0.05) is 29.2 Å². The Morgan fingerprint density at radius 1 is 1.14 bits per heavy atom. The number of anilines is 2. The Bertz CT molecular complexity index is 1460. The molecule has 0 atom stereocenters. The summed E-state index contributed by atoms with van der Waals surface area (Å²) < 4.78 is 59.7. The normalized spacial score (nSPS) is 11.6. The highest BCUT2D eigenvalue weighted by molar-refractivity contribution is 5.87. The third-order valence-corrected chi connectivity index (χ3v) is 5.12. The molecule has 2 heterocycles. The minimum Gasteiger partial charge on any atom is -0.463 e. The highest BCUT2D eigenvalue weighted by atomic mass is 19.4. The fourth-order valence-corrected chi connectivity index (χ4v) is 3.49. The summed E-state index contributed by atoms with van der Waals surface area (Å²) in [7, 11) is 0. The van der Waals surface area contributed by atoms with Crippen LogP contribution in [0.2, 0.25) is 0 Å². The molecule has 7 nitrogen and oxygen atoms in total. The molecule has 11 heteroatoms. The van der Waals surface area contributed by atoms with Crippen molar-refractivity contribution in [3.05, 3.63) is 89.6 Å². The maximum atomic E-state index is 13.6. The smallest absolute Gasteiger partial charge is 0.435 e. The van der Waals surface area contributed by atoms with Crippen molar-refractivity contribution in [3.63, 3.8) is 0 Å². The number of nitrogens with one attached hydrogen (secondary N) is 1. The summed E-state index contributed by atoms with van der Waals surface area (Å²) in [6.07, 6.45) is -0.377. The number of benzene rings is 2. The number of halogens is 4. The number of esters is 1. The van der Waals surface area contributed by atoms with Crippen LogP contribution in [0.1, 0.15) is 23.9 Å². The van der Waals surface area contributed by atoms with E-state index in [-0.39, 0.29) is 24.1 Å². The number of carbonyl (C=O) groups excluding carboxylic acids is 1. The Kier molecular flexibility index (Phi) is 7.32. The average molecular weight is 511 g/mol. The molecular weight excluding hydrogens is 490 g/mol. The molecule has 0 saturated carbocycles. The summed E-state index contributed by atoms with van der Waals surface area (Å²) in [5.41, 5.74) is 1.09. The predicted octanol–water partition coefficient (Wildman–Crippen LogP) is 6.12. The highest BCUT2D eigenvalue weighted by Crippen LogP contribution is 2.32. The van der Waals surface area contributed by atoms with Crippen LogP contribution in [-0.2, 0) is 15.7 Å². The zero-order chi connectivity index (χ0) is 26.6. The summed E-state index contributed by atoms with van der Waals surface area (Å²) in [6, 6.07) is 13.4. The molecule has 0 aliphatic heterocycles. The first kappa shape index (κ1) is 25.5. The SMILES string of the molecule is CCOC(=O)C=Cc1cccc(-c2cnc(Nc3cccc(F)c3)nc2-n2nc(C(F)(F)F)cc2C)c1. The van der Waals surface area contributed by atoms with Gasteiger partial charge in [0.05, 0.1) is 6.61 Å². The first-order valence-corrected chi connectivity index (χ1v) is 11.1. The van der Waals surface area contributed by atoms with Gasteiger partial charge in [-0.15, -0.1) is 0 Å². The first-order valence-electron chi connectivity index (χ1n) is 11.1. The van der Waals surface area contributed by atoms with E-state index in [1.807, 2.05) is 0 Å². The summed E-state index contributed by atoms with van der Waals surface area (Å²) in [4.78, 5) is 20.4. The molecule has 2 aromatic heterocycles. The van der Waals surface area contributed by atoms with Gasteiger partial charge in [-0.1, -0.05) is 24.3 Å². The van der Waals surface area contributed by atoms with Crippen LogP contribution in [0, 0.1) is 12.7 Å². The van der Waals surface area contributed by atoms with Gasteiger partial charge >= 0.3 is 12.1 Å². The molecule has 37 heavy (non-hydrogen) atoms. The monoisotopic (exact) mass is 511 g/mol. The van der Waals surface area contributed by atoms with E-state index in [0.29, 0.717) is 22.4 Å². The largest absolute Gasteiger partial charge is 0.463 e. The molecule has 0 bridgehead atoms. The van der Waals surface area contributed by atoms with Crippen molar-refractivity contribution in [2.45, 2.75) is 20.0 Å². The molecule has 0 saturated heterocycles. The average Bonchev–Trinajstić information content (AvgIpc) is 3.25. The summed E-state index contributed by atoms with van der Waals surface area (Å²) >= 11 is 0. The number of ether oxygens (including phenoxy) is 1. The molecule has 190 valence electrons. The molecule has 0 amide bonds. The van der Waals surface area contributed by atoms with Crippen LogP contribution in [0.5, 0.6) is 0 Å². The molecule has 0 aliphatic rings. The van der Waals surface area contributed by atoms with E-state index in [9.17, 15) is 22.4 Å². The molecule has 0 fully saturated rings. The summed E-state index contributed by atoms with van der Waals surface area (Å²) in [5, 5.41) is 6.60. The van der Waals surface area contributed by atoms with Crippen molar-refractivity contribution in [2.75, 3.05) is 11.9 Å². The van der Waals surface area contributed by atoms with E-state index in [4.69, 9.17) is 4.74 Å². The van der Waals surface area contributed by atoms with Crippen LogP contribution in [0.3, 0.4) is 0 Å². The van der Waals surface area contributed by atoms with Crippen LogP contribution in [0.4, 0.5) is 29.2 Å². The van der Waals surface area contributed by atoms with Crippen molar-refractivity contribution in [1.82, 2.24) is 19.7 Å². The summed E-state index contributed by atoms with van der Waals surface area (Å²) in [6.45, 7) is 3.41. The Morgan fingerprint density at radius 2 is 1.92 bits per heavy atom. The van der Waals surface area contributed by atoms with Crippen molar-refractivity contribution < 1.29 is 27.1 Å². The van der Waals surface area contributed by atoms with E-state index in [1.54, 1.807) is 43.3 Å². The lowest BCUT2D eigenvalue weighted by Crippen LogP contribution is -2.10. The van der Waals surface area contributed by atoms with Crippen molar-refractivity contribution in [1.29, 1.82) is 0 Å². The minimum absolute atomic E-state index is 0.0335. The zero-order valence-corrected chi connectivity index (χ0v) is 19.8. The van der Waals surface area contributed by atoms with Crippen molar-refractivity contribution in [2.24, 2.45) is 0 Å². The first-order chi connectivity index (χ1) is 17.6. The number of aryl methyl sites for hydroxylation is 1. The number of rotatable bonds is 7. The molecule has 1 N–H and O–H groups in total. The molecule has 0 aliphatic carbocycles. The standard InChI is InChI=1S/C26H21F4N5O2/c1-3-37-23(36)11-10-17-6-4-7-18(13-17)21-15-31-25(32-20-9-5-8-19(27)14-20)33-24(21)35-16(2)12-22(34-35)26(28,29)30/h4-15H,3H2,1-2H3,(H,31,32,33). The van der Waals surface area contributed by atoms with E-state index in [1.165, 1.54) is 37.4 Å². The maximum Gasteiger partial charge on any atom is 0.435 e. The lowest BCUT2D eigenvalue weighted by molar-refractivity contribution is -0.141. The molecular formula is C26H21F4N5O2. The lowest BCUT2D eigenvalue weighted by atomic mass is 10.0. The highest BCUT2D eigenvalue weighted by Gasteiger charge is 2.35. The van der Waals surface area contributed by atoms with Crippen molar-refractivity contribution >= 4 is 23.7 Å². The van der Waals surface area contributed by atoms with Gasteiger partial charge in [0.1, 0.15) is 5.82 Å². The number of carbonyl (C=O) groups is 1. The van der Waals surface area contributed by atoms with E-state index < -0.39 is 23.7 Å². The quantitative estimate of drug-likeness (QED) is 0.183. The molecule has 2 aromatic carbocycles. The van der Waals surface area contributed by atoms with Gasteiger partial charge in [0.15, 0.2) is 11.5 Å². The van der Waals surface area contributed by atoms with Gasteiger partial charge in [0.25, 0.3) is 0 Å². The van der Waals surface area contributed by atoms with Crippen molar-refractivity contribution in [3.8, 4) is 16.9 Å². The van der Waals surface area contributed by atoms with Gasteiger partial charge in [0.2, 0.25) is 5.95 Å². The fraction of sp³-hybridized carbons (Fsp3) is 0.154. The third-order valence-electron chi connectivity index (χ3n) is 5.12. The Labute approximate surface area is 209 Å². The minimum atomic E-state index is -4.65. The van der Waals surface area contributed by atoms with E-state index in [0.717, 1.165) is 10.7 Å².